The Morgan fingerprint density at radius 1 is 1.40 bits per heavy atom. The van der Waals surface area contributed by atoms with Gasteiger partial charge in [0.2, 0.25) is 0 Å². The zero-order chi connectivity index (χ0) is 14.8. The van der Waals surface area contributed by atoms with Gasteiger partial charge in [0.05, 0.1) is 24.6 Å². The quantitative estimate of drug-likeness (QED) is 0.784. The van der Waals surface area contributed by atoms with E-state index < -0.39 is 16.8 Å². The Balaban J connectivity index is 1.87. The molecule has 0 radical (unpaired) electrons. The minimum Gasteiger partial charge on any atom is -0.270 e. The van der Waals surface area contributed by atoms with Crippen LogP contribution in [0.4, 0.5) is 4.39 Å². The zero-order valence-corrected chi connectivity index (χ0v) is 12.7. The molecule has 20 heavy (non-hydrogen) atoms. The summed E-state index contributed by atoms with van der Waals surface area (Å²) < 4.78 is 41.3. The molecule has 0 saturated heterocycles. The molecule has 0 N–H and O–H groups in total. The van der Waals surface area contributed by atoms with Crippen LogP contribution in [0.2, 0.25) is 0 Å². The zero-order valence-electron chi connectivity index (χ0n) is 11.9. The van der Waals surface area contributed by atoms with Crippen molar-refractivity contribution in [1.82, 2.24) is 9.78 Å². The molecular weight excluding hydrogens is 283 g/mol. The maximum absolute atomic E-state index is 12.7. The average molecular weight is 304 g/mol. The molecule has 0 amide bonds. The van der Waals surface area contributed by atoms with Crippen molar-refractivity contribution >= 4 is 10.1 Å². The molecule has 0 bridgehead atoms. The van der Waals surface area contributed by atoms with E-state index in [0.29, 0.717) is 5.69 Å². The summed E-state index contributed by atoms with van der Waals surface area (Å²) >= 11 is 0. The second-order valence-electron chi connectivity index (χ2n) is 5.54. The minimum atomic E-state index is -3.35. The second kappa shape index (κ2) is 6.22. The molecule has 1 aliphatic carbocycles. The van der Waals surface area contributed by atoms with E-state index in [4.69, 9.17) is 4.18 Å². The summed E-state index contributed by atoms with van der Waals surface area (Å²) in [5.74, 6) is 0.276. The number of alkyl halides is 1. The Labute approximate surface area is 119 Å². The number of rotatable bonds is 5. The number of nitrogens with zero attached hydrogens (tertiary/aromatic N) is 2. The Bertz CT molecular complexity index is 548. The van der Waals surface area contributed by atoms with E-state index in [1.807, 2.05) is 17.8 Å². The summed E-state index contributed by atoms with van der Waals surface area (Å²) in [6.07, 6.45) is 6.62. The lowest BCUT2D eigenvalue weighted by Gasteiger charge is -2.28. The fraction of sp³-hybridized carbons (Fsp3) is 0.769. The van der Waals surface area contributed by atoms with Crippen LogP contribution in [0, 0.1) is 12.8 Å². The molecule has 0 spiro atoms. The third kappa shape index (κ3) is 4.02. The standard InChI is InChI=1S/C13H21FN2O3S/c1-10-8-16(15-13(10)7-14)12-5-3-11(4-6-12)9-19-20(2,17)18/h8,11-12H,3-7,9H2,1-2H3/t11-,12-. The van der Waals surface area contributed by atoms with Crippen LogP contribution in [0.25, 0.3) is 0 Å². The Morgan fingerprint density at radius 2 is 2.05 bits per heavy atom. The maximum atomic E-state index is 12.7. The van der Waals surface area contributed by atoms with Crippen molar-refractivity contribution < 1.29 is 17.0 Å². The summed E-state index contributed by atoms with van der Waals surface area (Å²) in [5, 5.41) is 4.28. The monoisotopic (exact) mass is 304 g/mol. The molecule has 1 aliphatic rings. The fourth-order valence-electron chi connectivity index (χ4n) is 2.64. The topological polar surface area (TPSA) is 61.2 Å². The maximum Gasteiger partial charge on any atom is 0.264 e. The van der Waals surface area contributed by atoms with Gasteiger partial charge in [-0.25, -0.2) is 4.39 Å². The van der Waals surface area contributed by atoms with Gasteiger partial charge in [-0.3, -0.25) is 8.86 Å². The molecule has 1 saturated carbocycles. The third-order valence-electron chi connectivity index (χ3n) is 3.85. The number of hydrogen-bond acceptors (Lipinski definition) is 4. The molecule has 1 aromatic heterocycles. The largest absolute Gasteiger partial charge is 0.270 e. The van der Waals surface area contributed by atoms with Gasteiger partial charge >= 0.3 is 0 Å². The van der Waals surface area contributed by atoms with E-state index in [2.05, 4.69) is 5.10 Å². The van der Waals surface area contributed by atoms with Crippen molar-refractivity contribution in [2.75, 3.05) is 12.9 Å². The highest BCUT2D eigenvalue weighted by Crippen LogP contribution is 2.32. The van der Waals surface area contributed by atoms with Gasteiger partial charge in [-0.15, -0.1) is 0 Å². The molecule has 1 fully saturated rings. The van der Waals surface area contributed by atoms with Gasteiger partial charge in [-0.05, 0) is 44.1 Å². The van der Waals surface area contributed by atoms with E-state index in [9.17, 15) is 12.8 Å². The SMILES string of the molecule is Cc1cn([C@H]2CC[C@H](COS(C)(=O)=O)CC2)nc1CF. The predicted octanol–water partition coefficient (Wildman–Crippen LogP) is 2.37. The average Bonchev–Trinajstić information content (AvgIpc) is 2.77. The van der Waals surface area contributed by atoms with Crippen molar-refractivity contribution in [2.45, 2.75) is 45.3 Å². The Kier molecular flexibility index (Phi) is 4.80. The third-order valence-corrected chi connectivity index (χ3v) is 4.42. The number of aryl methyl sites for hydroxylation is 1. The lowest BCUT2D eigenvalue weighted by molar-refractivity contribution is 0.184. The molecule has 0 aromatic carbocycles. The van der Waals surface area contributed by atoms with Gasteiger partial charge in [0, 0.05) is 6.20 Å². The molecule has 5 nitrogen and oxygen atoms in total. The highest BCUT2D eigenvalue weighted by Gasteiger charge is 2.24. The minimum absolute atomic E-state index is 0.263. The van der Waals surface area contributed by atoms with E-state index in [1.54, 1.807) is 0 Å². The first-order valence-corrected chi connectivity index (χ1v) is 8.65. The van der Waals surface area contributed by atoms with Crippen molar-refractivity contribution in [3.8, 4) is 0 Å². The van der Waals surface area contributed by atoms with E-state index >= 15 is 0 Å². The Hall–Kier alpha value is -0.950. The van der Waals surface area contributed by atoms with Gasteiger partial charge in [-0.2, -0.15) is 13.5 Å². The molecular formula is C13H21FN2O3S. The molecule has 114 valence electrons. The van der Waals surface area contributed by atoms with Gasteiger partial charge in [0.15, 0.2) is 0 Å². The molecule has 1 heterocycles. The summed E-state index contributed by atoms with van der Waals surface area (Å²) in [6, 6.07) is 0.281. The summed E-state index contributed by atoms with van der Waals surface area (Å²) in [7, 11) is -3.35. The number of hydrogen-bond donors (Lipinski definition) is 0. The van der Waals surface area contributed by atoms with Crippen LogP contribution in [0.1, 0.15) is 43.0 Å². The lowest BCUT2D eigenvalue weighted by Crippen LogP contribution is -2.22. The van der Waals surface area contributed by atoms with Crippen molar-refractivity contribution in [2.24, 2.45) is 5.92 Å². The second-order valence-corrected chi connectivity index (χ2v) is 7.18. The highest BCUT2D eigenvalue weighted by molar-refractivity contribution is 7.85. The molecule has 2 rings (SSSR count). The van der Waals surface area contributed by atoms with Gasteiger partial charge < -0.3 is 0 Å². The van der Waals surface area contributed by atoms with Crippen molar-refractivity contribution in [3.63, 3.8) is 0 Å². The summed E-state index contributed by atoms with van der Waals surface area (Å²) in [5.41, 5.74) is 1.39. The van der Waals surface area contributed by atoms with Crippen LogP contribution in [-0.2, 0) is 21.0 Å². The van der Waals surface area contributed by atoms with E-state index in [1.165, 1.54) is 0 Å². The summed E-state index contributed by atoms with van der Waals surface area (Å²) in [6.45, 7) is 1.60. The lowest BCUT2D eigenvalue weighted by atomic mass is 9.87. The first-order valence-electron chi connectivity index (χ1n) is 6.84. The van der Waals surface area contributed by atoms with Gasteiger partial charge in [-0.1, -0.05) is 0 Å². The fourth-order valence-corrected chi connectivity index (χ4v) is 3.07. The normalized spacial score (nSPS) is 23.9. The van der Waals surface area contributed by atoms with Crippen LogP contribution in [0.3, 0.4) is 0 Å². The smallest absolute Gasteiger partial charge is 0.264 e. The highest BCUT2D eigenvalue weighted by atomic mass is 32.2. The summed E-state index contributed by atoms with van der Waals surface area (Å²) in [4.78, 5) is 0. The van der Waals surface area contributed by atoms with Crippen LogP contribution < -0.4 is 0 Å². The number of halogens is 1. The molecule has 7 heteroatoms. The molecule has 0 atom stereocenters. The molecule has 0 unspecified atom stereocenters. The van der Waals surface area contributed by atoms with Crippen LogP contribution in [-0.4, -0.2) is 31.1 Å². The van der Waals surface area contributed by atoms with E-state index in [-0.39, 0.29) is 18.6 Å². The van der Waals surface area contributed by atoms with Gasteiger partial charge in [0.1, 0.15) is 6.67 Å². The van der Waals surface area contributed by atoms with Crippen molar-refractivity contribution in [1.29, 1.82) is 0 Å². The first-order chi connectivity index (χ1) is 9.39. The van der Waals surface area contributed by atoms with Crippen LogP contribution in [0.15, 0.2) is 6.20 Å². The first kappa shape index (κ1) is 15.4. The van der Waals surface area contributed by atoms with Crippen LogP contribution >= 0.6 is 0 Å². The molecule has 1 aromatic rings. The Morgan fingerprint density at radius 3 is 2.55 bits per heavy atom. The molecule has 0 aliphatic heterocycles. The van der Waals surface area contributed by atoms with Gasteiger partial charge in [0.25, 0.3) is 10.1 Å². The number of aromatic nitrogens is 2. The van der Waals surface area contributed by atoms with Crippen LogP contribution in [0.5, 0.6) is 0 Å². The van der Waals surface area contributed by atoms with E-state index in [0.717, 1.165) is 37.5 Å². The van der Waals surface area contributed by atoms with Crippen molar-refractivity contribution in [3.05, 3.63) is 17.5 Å². The predicted molar refractivity (Wildman–Crippen MR) is 73.6 cm³/mol.